The number of nitrogens with one attached hydrogen (secondary N) is 2. The molecule has 2 N–H and O–H groups in total. The van der Waals surface area contributed by atoms with E-state index < -0.39 is 0 Å². The maximum Gasteiger partial charge on any atom is 0.223 e. The summed E-state index contributed by atoms with van der Waals surface area (Å²) < 4.78 is 5.09. The fourth-order valence-corrected chi connectivity index (χ4v) is 3.73. The number of fused-ring (bicyclic) bond motifs is 1. The quantitative estimate of drug-likeness (QED) is 0.820. The predicted octanol–water partition coefficient (Wildman–Crippen LogP) is 0.798. The van der Waals surface area contributed by atoms with Crippen molar-refractivity contribution in [2.75, 3.05) is 38.3 Å². The molecule has 1 aromatic rings. The summed E-state index contributed by atoms with van der Waals surface area (Å²) in [4.78, 5) is 24.0. The van der Waals surface area contributed by atoms with Crippen LogP contribution in [0.25, 0.3) is 0 Å². The summed E-state index contributed by atoms with van der Waals surface area (Å²) in [7, 11) is 1.65. The number of aryl methyl sites for hydroxylation is 1. The third-order valence-corrected chi connectivity index (χ3v) is 5.00. The summed E-state index contributed by atoms with van der Waals surface area (Å²) in [6.07, 6.45) is 2.70. The minimum absolute atomic E-state index is 0.0552. The molecule has 138 valence electrons. The summed E-state index contributed by atoms with van der Waals surface area (Å²) in [6, 6.07) is 0.0552. The van der Waals surface area contributed by atoms with Crippen molar-refractivity contribution >= 4 is 11.7 Å². The maximum atomic E-state index is 12.4. The molecule has 7 nitrogen and oxygen atoms in total. The van der Waals surface area contributed by atoms with Gasteiger partial charge in [0.15, 0.2) is 0 Å². The third-order valence-electron chi connectivity index (χ3n) is 5.00. The molecule has 1 fully saturated rings. The lowest BCUT2D eigenvalue weighted by Gasteiger charge is -2.34. The lowest BCUT2D eigenvalue weighted by Crippen LogP contribution is -2.45. The molecule has 2 aliphatic heterocycles. The van der Waals surface area contributed by atoms with Gasteiger partial charge in [0.05, 0.1) is 12.3 Å². The van der Waals surface area contributed by atoms with Crippen molar-refractivity contribution in [1.82, 2.24) is 20.6 Å². The molecule has 1 aromatic heterocycles. The number of ether oxygens (including phenoxy) is 1. The first-order chi connectivity index (χ1) is 12.1. The minimum atomic E-state index is 0.0552. The van der Waals surface area contributed by atoms with Gasteiger partial charge < -0.3 is 20.3 Å². The van der Waals surface area contributed by atoms with Crippen molar-refractivity contribution in [2.24, 2.45) is 5.92 Å². The van der Waals surface area contributed by atoms with Crippen molar-refractivity contribution in [1.29, 1.82) is 0 Å². The topological polar surface area (TPSA) is 79.4 Å². The zero-order chi connectivity index (χ0) is 17.8. The van der Waals surface area contributed by atoms with E-state index in [1.807, 2.05) is 13.8 Å². The Balaban J connectivity index is 1.63. The predicted molar refractivity (Wildman–Crippen MR) is 96.6 cm³/mol. The highest BCUT2D eigenvalue weighted by Gasteiger charge is 2.28. The average Bonchev–Trinajstić information content (AvgIpc) is 2.61. The fraction of sp³-hybridized carbons (Fsp3) is 0.722. The smallest absolute Gasteiger partial charge is 0.223 e. The van der Waals surface area contributed by atoms with Crippen LogP contribution in [0.1, 0.15) is 36.8 Å². The molecule has 25 heavy (non-hydrogen) atoms. The Bertz CT molecular complexity index is 614. The summed E-state index contributed by atoms with van der Waals surface area (Å²) >= 11 is 0. The number of carbonyl (C=O) groups is 1. The number of piperidine rings is 1. The van der Waals surface area contributed by atoms with Crippen LogP contribution in [0.2, 0.25) is 0 Å². The largest absolute Gasteiger partial charge is 0.383 e. The van der Waals surface area contributed by atoms with Gasteiger partial charge in [0.25, 0.3) is 0 Å². The Morgan fingerprint density at radius 1 is 1.40 bits per heavy atom. The van der Waals surface area contributed by atoms with Gasteiger partial charge in [-0.05, 0) is 39.7 Å². The van der Waals surface area contributed by atoms with Crippen LogP contribution in [-0.4, -0.2) is 55.3 Å². The highest BCUT2D eigenvalue weighted by molar-refractivity contribution is 5.79. The first-order valence-corrected chi connectivity index (χ1v) is 9.20. The zero-order valence-electron chi connectivity index (χ0n) is 15.5. The first-order valence-electron chi connectivity index (χ1n) is 9.20. The van der Waals surface area contributed by atoms with E-state index in [0.717, 1.165) is 62.8 Å². The molecule has 1 atom stereocenters. The Kier molecular flexibility index (Phi) is 5.86. The number of methoxy groups -OCH3 is 1. The van der Waals surface area contributed by atoms with Crippen LogP contribution in [0, 0.1) is 12.8 Å². The van der Waals surface area contributed by atoms with Crippen molar-refractivity contribution in [2.45, 2.75) is 45.7 Å². The van der Waals surface area contributed by atoms with Gasteiger partial charge >= 0.3 is 0 Å². The molecule has 0 bridgehead atoms. The second-order valence-electron chi connectivity index (χ2n) is 7.07. The Morgan fingerprint density at radius 2 is 2.16 bits per heavy atom. The van der Waals surface area contributed by atoms with Crippen molar-refractivity contribution in [3.8, 4) is 0 Å². The van der Waals surface area contributed by atoms with Crippen LogP contribution in [0.4, 0.5) is 5.82 Å². The number of anilines is 1. The number of hydrogen-bond acceptors (Lipinski definition) is 6. The molecule has 3 heterocycles. The summed E-state index contributed by atoms with van der Waals surface area (Å²) in [5.74, 6) is 2.13. The zero-order valence-corrected chi connectivity index (χ0v) is 15.5. The fourth-order valence-electron chi connectivity index (χ4n) is 3.73. The Hall–Kier alpha value is -1.73. The monoisotopic (exact) mass is 347 g/mol. The average molecular weight is 347 g/mol. The number of hydrogen-bond donors (Lipinski definition) is 2. The van der Waals surface area contributed by atoms with Crippen LogP contribution in [-0.2, 0) is 22.5 Å². The van der Waals surface area contributed by atoms with E-state index in [0.29, 0.717) is 6.61 Å². The van der Waals surface area contributed by atoms with Crippen molar-refractivity contribution in [3.05, 3.63) is 17.1 Å². The highest BCUT2D eigenvalue weighted by atomic mass is 16.5. The molecule has 3 rings (SSSR count). The second kappa shape index (κ2) is 8.10. The van der Waals surface area contributed by atoms with Crippen LogP contribution < -0.4 is 15.5 Å². The van der Waals surface area contributed by atoms with Gasteiger partial charge in [-0.15, -0.1) is 0 Å². The standard InChI is InChI=1S/C18H29N5O2/c1-12(11-25-3)20-18(24)14-5-8-23(9-6-14)17-15-4-7-19-10-16(15)21-13(2)22-17/h12,14,19H,4-11H2,1-3H3,(H,20,24). The van der Waals surface area contributed by atoms with Crippen LogP contribution in [0.3, 0.4) is 0 Å². The molecule has 0 aliphatic carbocycles. The van der Waals surface area contributed by atoms with Gasteiger partial charge in [0.1, 0.15) is 11.6 Å². The molecule has 2 aliphatic rings. The summed E-state index contributed by atoms with van der Waals surface area (Å²) in [6.45, 7) is 8.01. The molecule has 0 radical (unpaired) electrons. The molecular weight excluding hydrogens is 318 g/mol. The Labute approximate surface area is 149 Å². The van der Waals surface area contributed by atoms with E-state index in [2.05, 4.69) is 20.5 Å². The van der Waals surface area contributed by atoms with Crippen molar-refractivity contribution < 1.29 is 9.53 Å². The van der Waals surface area contributed by atoms with E-state index >= 15 is 0 Å². The van der Waals surface area contributed by atoms with Gasteiger partial charge in [-0.2, -0.15) is 0 Å². The molecular formula is C18H29N5O2. The van der Waals surface area contributed by atoms with Gasteiger partial charge in [-0.25, -0.2) is 9.97 Å². The van der Waals surface area contributed by atoms with E-state index in [9.17, 15) is 4.79 Å². The SMILES string of the molecule is COCC(C)NC(=O)C1CCN(c2nc(C)nc3c2CCNC3)CC1. The normalized spacial score (nSPS) is 19.4. The summed E-state index contributed by atoms with van der Waals surface area (Å²) in [5, 5.41) is 6.42. The van der Waals surface area contributed by atoms with E-state index in [1.54, 1.807) is 7.11 Å². The molecule has 0 saturated carbocycles. The van der Waals surface area contributed by atoms with Gasteiger partial charge in [0, 0.05) is 44.3 Å². The van der Waals surface area contributed by atoms with E-state index in [1.165, 1.54) is 5.56 Å². The Morgan fingerprint density at radius 3 is 2.88 bits per heavy atom. The number of nitrogens with zero attached hydrogens (tertiary/aromatic N) is 3. The van der Waals surface area contributed by atoms with Gasteiger partial charge in [-0.3, -0.25) is 4.79 Å². The maximum absolute atomic E-state index is 12.4. The molecule has 0 spiro atoms. The second-order valence-corrected chi connectivity index (χ2v) is 7.07. The number of carbonyl (C=O) groups excluding carboxylic acids is 1. The lowest BCUT2D eigenvalue weighted by atomic mass is 9.95. The molecule has 1 unspecified atom stereocenters. The minimum Gasteiger partial charge on any atom is -0.383 e. The number of aromatic nitrogens is 2. The molecule has 0 aromatic carbocycles. The number of rotatable bonds is 5. The van der Waals surface area contributed by atoms with Crippen LogP contribution in [0.5, 0.6) is 0 Å². The highest BCUT2D eigenvalue weighted by Crippen LogP contribution is 2.28. The van der Waals surface area contributed by atoms with E-state index in [4.69, 9.17) is 9.72 Å². The van der Waals surface area contributed by atoms with Gasteiger partial charge in [0.2, 0.25) is 5.91 Å². The van der Waals surface area contributed by atoms with E-state index in [-0.39, 0.29) is 17.9 Å². The lowest BCUT2D eigenvalue weighted by molar-refractivity contribution is -0.126. The van der Waals surface area contributed by atoms with Gasteiger partial charge in [-0.1, -0.05) is 0 Å². The molecule has 1 amide bonds. The first kappa shape index (κ1) is 18.1. The molecule has 1 saturated heterocycles. The van der Waals surface area contributed by atoms with Crippen LogP contribution in [0.15, 0.2) is 0 Å². The third kappa shape index (κ3) is 4.27. The number of amides is 1. The van der Waals surface area contributed by atoms with Crippen LogP contribution >= 0.6 is 0 Å². The summed E-state index contributed by atoms with van der Waals surface area (Å²) in [5.41, 5.74) is 2.41. The molecule has 7 heteroatoms. The van der Waals surface area contributed by atoms with Crippen molar-refractivity contribution in [3.63, 3.8) is 0 Å².